The number of rotatable bonds is 5. The van der Waals surface area contributed by atoms with Gasteiger partial charge in [-0.15, -0.1) is 0 Å². The smallest absolute Gasteiger partial charge is 0.00506 e. The zero-order valence-corrected chi connectivity index (χ0v) is 6.70. The van der Waals surface area contributed by atoms with Gasteiger partial charge in [0.15, 0.2) is 0 Å². The molecule has 2 heteroatoms. The van der Waals surface area contributed by atoms with Crippen LogP contribution in [-0.4, -0.2) is 26.2 Å². The van der Waals surface area contributed by atoms with Crippen molar-refractivity contribution in [3.05, 3.63) is 0 Å². The van der Waals surface area contributed by atoms with Crippen molar-refractivity contribution >= 4 is 0 Å². The first-order valence-electron chi connectivity index (χ1n) is 3.69. The Morgan fingerprint density at radius 1 is 1.44 bits per heavy atom. The molecule has 0 aliphatic heterocycles. The third kappa shape index (κ3) is 5.80. The van der Waals surface area contributed by atoms with E-state index in [0.29, 0.717) is 6.04 Å². The molecule has 0 amide bonds. The van der Waals surface area contributed by atoms with Crippen molar-refractivity contribution < 1.29 is 0 Å². The molecule has 0 bridgehead atoms. The van der Waals surface area contributed by atoms with Gasteiger partial charge in [0, 0.05) is 6.04 Å². The minimum Gasteiger partial charge on any atom is -0.320 e. The Kier molecular flexibility index (Phi) is 5.99. The molecule has 0 saturated heterocycles. The second-order valence-corrected chi connectivity index (χ2v) is 2.35. The summed E-state index contributed by atoms with van der Waals surface area (Å²) < 4.78 is 0. The van der Waals surface area contributed by atoms with Gasteiger partial charge in [-0.1, -0.05) is 6.92 Å². The molecule has 56 valence electrons. The maximum absolute atomic E-state index is 3.34. The molecule has 1 atom stereocenters. The van der Waals surface area contributed by atoms with Gasteiger partial charge < -0.3 is 10.6 Å². The quantitative estimate of drug-likeness (QED) is 0.569. The second kappa shape index (κ2) is 6.05. The van der Waals surface area contributed by atoms with E-state index in [1.54, 1.807) is 0 Å². The molecule has 0 aromatic rings. The fraction of sp³-hybridized carbons (Fsp3) is 1.00. The molecular formula is C7H18N2. The molecule has 0 saturated carbocycles. The minimum atomic E-state index is 0.655. The van der Waals surface area contributed by atoms with Crippen LogP contribution in [-0.2, 0) is 0 Å². The Bertz CT molecular complexity index is 54.9. The van der Waals surface area contributed by atoms with E-state index in [1.807, 2.05) is 7.05 Å². The van der Waals surface area contributed by atoms with Crippen molar-refractivity contribution in [1.82, 2.24) is 10.6 Å². The number of hydrogen-bond donors (Lipinski definition) is 2. The van der Waals surface area contributed by atoms with Crippen molar-refractivity contribution in [3.8, 4) is 0 Å². The standard InChI is InChI=1S/C7H18N2/c1-4-9-7(2)5-6-8-3/h7-9H,4-6H2,1-3H3. The zero-order chi connectivity index (χ0) is 7.11. The largest absolute Gasteiger partial charge is 0.320 e. The van der Waals surface area contributed by atoms with Crippen LogP contribution >= 0.6 is 0 Å². The van der Waals surface area contributed by atoms with Crippen LogP contribution in [0, 0.1) is 0 Å². The molecule has 0 spiro atoms. The van der Waals surface area contributed by atoms with Crippen molar-refractivity contribution in [2.45, 2.75) is 26.3 Å². The van der Waals surface area contributed by atoms with E-state index >= 15 is 0 Å². The van der Waals surface area contributed by atoms with Crippen molar-refractivity contribution in [2.75, 3.05) is 20.1 Å². The van der Waals surface area contributed by atoms with E-state index in [9.17, 15) is 0 Å². The van der Waals surface area contributed by atoms with Crippen LogP contribution in [0.5, 0.6) is 0 Å². The maximum atomic E-state index is 3.34. The number of hydrogen-bond acceptors (Lipinski definition) is 2. The lowest BCUT2D eigenvalue weighted by atomic mass is 10.2. The molecule has 0 fully saturated rings. The molecule has 0 heterocycles. The van der Waals surface area contributed by atoms with Crippen LogP contribution in [0.15, 0.2) is 0 Å². The second-order valence-electron chi connectivity index (χ2n) is 2.35. The maximum Gasteiger partial charge on any atom is 0.00506 e. The van der Waals surface area contributed by atoms with Gasteiger partial charge in [-0.2, -0.15) is 0 Å². The molecule has 0 radical (unpaired) electrons. The molecule has 0 aromatic heterocycles. The Morgan fingerprint density at radius 3 is 2.56 bits per heavy atom. The van der Waals surface area contributed by atoms with Crippen LogP contribution in [0.2, 0.25) is 0 Å². The Balaban J connectivity index is 2.95. The fourth-order valence-corrected chi connectivity index (χ4v) is 0.811. The molecule has 2 nitrogen and oxygen atoms in total. The fourth-order valence-electron chi connectivity index (χ4n) is 0.811. The summed E-state index contributed by atoms with van der Waals surface area (Å²) in [5.74, 6) is 0. The van der Waals surface area contributed by atoms with Gasteiger partial charge in [0.05, 0.1) is 0 Å². The van der Waals surface area contributed by atoms with E-state index in [2.05, 4.69) is 24.5 Å². The summed E-state index contributed by atoms with van der Waals surface area (Å²) in [4.78, 5) is 0. The van der Waals surface area contributed by atoms with Gasteiger partial charge in [0.1, 0.15) is 0 Å². The first-order valence-corrected chi connectivity index (χ1v) is 3.69. The highest BCUT2D eigenvalue weighted by atomic mass is 14.9. The Hall–Kier alpha value is -0.0800. The van der Waals surface area contributed by atoms with Gasteiger partial charge in [-0.3, -0.25) is 0 Å². The summed E-state index contributed by atoms with van der Waals surface area (Å²) >= 11 is 0. The van der Waals surface area contributed by atoms with Crippen molar-refractivity contribution in [2.24, 2.45) is 0 Å². The Labute approximate surface area is 58.0 Å². The molecule has 0 aliphatic rings. The first kappa shape index (κ1) is 8.92. The first-order chi connectivity index (χ1) is 4.31. The predicted molar refractivity (Wildman–Crippen MR) is 41.7 cm³/mol. The molecule has 1 unspecified atom stereocenters. The van der Waals surface area contributed by atoms with E-state index in [-0.39, 0.29) is 0 Å². The van der Waals surface area contributed by atoms with E-state index < -0.39 is 0 Å². The molecular weight excluding hydrogens is 112 g/mol. The highest BCUT2D eigenvalue weighted by molar-refractivity contribution is 4.58. The zero-order valence-electron chi connectivity index (χ0n) is 6.70. The lowest BCUT2D eigenvalue weighted by Gasteiger charge is -2.10. The van der Waals surface area contributed by atoms with Gasteiger partial charge >= 0.3 is 0 Å². The average Bonchev–Trinajstić information content (AvgIpc) is 1.85. The highest BCUT2D eigenvalue weighted by Gasteiger charge is 1.95. The monoisotopic (exact) mass is 130 g/mol. The lowest BCUT2D eigenvalue weighted by molar-refractivity contribution is 0.518. The minimum absolute atomic E-state index is 0.655. The SMILES string of the molecule is CCNC(C)CCNC. The van der Waals surface area contributed by atoms with Crippen LogP contribution in [0.4, 0.5) is 0 Å². The summed E-state index contributed by atoms with van der Waals surface area (Å²) in [5.41, 5.74) is 0. The number of nitrogens with one attached hydrogen (secondary N) is 2. The summed E-state index contributed by atoms with van der Waals surface area (Å²) in [6.07, 6.45) is 1.21. The highest BCUT2D eigenvalue weighted by Crippen LogP contribution is 1.85. The summed E-state index contributed by atoms with van der Waals surface area (Å²) in [6.45, 7) is 6.52. The summed E-state index contributed by atoms with van der Waals surface area (Å²) in [7, 11) is 1.98. The molecule has 0 aliphatic carbocycles. The third-order valence-electron chi connectivity index (χ3n) is 1.38. The van der Waals surface area contributed by atoms with Crippen LogP contribution in [0.3, 0.4) is 0 Å². The van der Waals surface area contributed by atoms with Crippen LogP contribution in [0.1, 0.15) is 20.3 Å². The molecule has 0 rings (SSSR count). The predicted octanol–water partition coefficient (Wildman–Crippen LogP) is 0.594. The lowest BCUT2D eigenvalue weighted by Crippen LogP contribution is -2.28. The van der Waals surface area contributed by atoms with Crippen LogP contribution < -0.4 is 10.6 Å². The van der Waals surface area contributed by atoms with Crippen molar-refractivity contribution in [1.29, 1.82) is 0 Å². The molecule has 2 N–H and O–H groups in total. The normalized spacial score (nSPS) is 13.7. The van der Waals surface area contributed by atoms with E-state index in [1.165, 1.54) is 6.42 Å². The Morgan fingerprint density at radius 2 is 2.11 bits per heavy atom. The van der Waals surface area contributed by atoms with E-state index in [0.717, 1.165) is 13.1 Å². The van der Waals surface area contributed by atoms with E-state index in [4.69, 9.17) is 0 Å². The average molecular weight is 130 g/mol. The third-order valence-corrected chi connectivity index (χ3v) is 1.38. The van der Waals surface area contributed by atoms with Crippen molar-refractivity contribution in [3.63, 3.8) is 0 Å². The molecule has 9 heavy (non-hydrogen) atoms. The van der Waals surface area contributed by atoms with Gasteiger partial charge in [-0.25, -0.2) is 0 Å². The van der Waals surface area contributed by atoms with Gasteiger partial charge in [-0.05, 0) is 33.5 Å². The summed E-state index contributed by atoms with van der Waals surface area (Å²) in [6, 6.07) is 0.655. The topological polar surface area (TPSA) is 24.1 Å². The van der Waals surface area contributed by atoms with Crippen LogP contribution in [0.25, 0.3) is 0 Å². The van der Waals surface area contributed by atoms with Gasteiger partial charge in [0.2, 0.25) is 0 Å². The summed E-state index contributed by atoms with van der Waals surface area (Å²) in [5, 5.41) is 6.46. The van der Waals surface area contributed by atoms with Gasteiger partial charge in [0.25, 0.3) is 0 Å². The molecule has 0 aromatic carbocycles.